The maximum absolute atomic E-state index is 5.60. The van der Waals surface area contributed by atoms with Gasteiger partial charge in [-0.05, 0) is 6.26 Å². The molecule has 1 aliphatic heterocycles. The highest BCUT2D eigenvalue weighted by Gasteiger charge is 2.12. The third-order valence-electron chi connectivity index (χ3n) is 1.55. The molecule has 1 aromatic rings. The zero-order chi connectivity index (χ0) is 8.55. The van der Waals surface area contributed by atoms with Gasteiger partial charge in [0.1, 0.15) is 0 Å². The summed E-state index contributed by atoms with van der Waals surface area (Å²) in [5.41, 5.74) is 6.37. The Morgan fingerprint density at radius 2 is 2.58 bits per heavy atom. The molecule has 0 spiro atoms. The number of nitrogens with two attached hydrogens (primary N) is 1. The van der Waals surface area contributed by atoms with E-state index in [9.17, 15) is 0 Å². The fraction of sp³-hybridized carbons (Fsp3) is 0.333. The predicted octanol–water partition coefficient (Wildman–Crippen LogP) is 0.226. The molecular weight excluding hydrogens is 174 g/mol. The van der Waals surface area contributed by atoms with Gasteiger partial charge in [-0.1, -0.05) is 11.8 Å². The van der Waals surface area contributed by atoms with Gasteiger partial charge >= 0.3 is 0 Å². The summed E-state index contributed by atoms with van der Waals surface area (Å²) in [6.07, 6.45) is 3.69. The van der Waals surface area contributed by atoms with Crippen molar-refractivity contribution >= 4 is 17.7 Å². The minimum absolute atomic E-state index is 0.621. The molecule has 0 amide bonds. The molecule has 2 rings (SSSR count). The number of allylic oxidation sites excluding steroid dienone is 1. The van der Waals surface area contributed by atoms with E-state index >= 15 is 0 Å². The van der Waals surface area contributed by atoms with E-state index in [-0.39, 0.29) is 0 Å². The van der Waals surface area contributed by atoms with Crippen LogP contribution >= 0.6 is 11.8 Å². The fourth-order valence-corrected chi connectivity index (χ4v) is 1.36. The van der Waals surface area contributed by atoms with Crippen LogP contribution in [-0.4, -0.2) is 21.0 Å². The highest BCUT2D eigenvalue weighted by Crippen LogP contribution is 2.16. The molecule has 5 nitrogen and oxygen atoms in total. The molecule has 0 aliphatic carbocycles. The molecule has 1 aliphatic rings. The molecule has 0 fully saturated rings. The lowest BCUT2D eigenvalue weighted by atomic mass is 10.4. The van der Waals surface area contributed by atoms with Crippen LogP contribution in [0.2, 0.25) is 0 Å². The molecular formula is C6H9N5S. The first-order chi connectivity index (χ1) is 5.79. The Labute approximate surface area is 74.0 Å². The first kappa shape index (κ1) is 7.48. The van der Waals surface area contributed by atoms with Gasteiger partial charge in [0.25, 0.3) is 0 Å². The first-order valence-electron chi connectivity index (χ1n) is 3.49. The lowest BCUT2D eigenvalue weighted by molar-refractivity contribution is 0.650. The summed E-state index contributed by atoms with van der Waals surface area (Å²) in [7, 11) is 0. The molecule has 12 heavy (non-hydrogen) atoms. The smallest absolute Gasteiger partial charge is 0.226 e. The number of thioether (sulfide) groups is 1. The number of hydrogen-bond acceptors (Lipinski definition) is 5. The molecule has 0 radical (unpaired) electrons. The third kappa shape index (κ3) is 1.14. The van der Waals surface area contributed by atoms with E-state index < -0.39 is 0 Å². The Bertz CT molecular complexity index is 329. The van der Waals surface area contributed by atoms with Crippen LogP contribution < -0.4 is 11.1 Å². The van der Waals surface area contributed by atoms with Gasteiger partial charge in [-0.15, -0.1) is 5.10 Å². The van der Waals surface area contributed by atoms with E-state index in [2.05, 4.69) is 15.4 Å². The molecule has 0 saturated carbocycles. The van der Waals surface area contributed by atoms with E-state index in [1.54, 1.807) is 10.9 Å². The Morgan fingerprint density at radius 3 is 3.33 bits per heavy atom. The summed E-state index contributed by atoms with van der Waals surface area (Å²) in [4.78, 5) is 4.21. The standard InChI is InChI=1S/C6H9N5S/c1-12-6-9-5-8-2-4(7)3-11(5)10-6/h2H,3,7H2,1H3,(H,8,9,10). The number of nitrogens with zero attached hydrogens (tertiary/aromatic N) is 3. The quantitative estimate of drug-likeness (QED) is 0.610. The van der Waals surface area contributed by atoms with Crippen molar-refractivity contribution in [3.63, 3.8) is 0 Å². The Morgan fingerprint density at radius 1 is 1.75 bits per heavy atom. The zero-order valence-electron chi connectivity index (χ0n) is 6.61. The molecule has 64 valence electrons. The van der Waals surface area contributed by atoms with Crippen molar-refractivity contribution in [2.24, 2.45) is 5.73 Å². The van der Waals surface area contributed by atoms with E-state index in [1.807, 2.05) is 6.26 Å². The van der Waals surface area contributed by atoms with E-state index in [4.69, 9.17) is 5.73 Å². The van der Waals surface area contributed by atoms with Crippen molar-refractivity contribution < 1.29 is 0 Å². The summed E-state index contributed by atoms with van der Waals surface area (Å²) >= 11 is 1.52. The van der Waals surface area contributed by atoms with Crippen LogP contribution in [0.15, 0.2) is 17.1 Å². The maximum atomic E-state index is 5.60. The van der Waals surface area contributed by atoms with Crippen molar-refractivity contribution in [2.45, 2.75) is 11.7 Å². The number of rotatable bonds is 1. The van der Waals surface area contributed by atoms with Gasteiger partial charge < -0.3 is 11.1 Å². The van der Waals surface area contributed by atoms with Crippen molar-refractivity contribution in [3.05, 3.63) is 11.9 Å². The van der Waals surface area contributed by atoms with Crippen molar-refractivity contribution in [1.29, 1.82) is 0 Å². The molecule has 0 atom stereocenters. The number of anilines is 1. The van der Waals surface area contributed by atoms with Gasteiger partial charge in [0.2, 0.25) is 11.1 Å². The molecule has 0 unspecified atom stereocenters. The molecule has 0 bridgehead atoms. The van der Waals surface area contributed by atoms with Crippen LogP contribution in [0.3, 0.4) is 0 Å². The van der Waals surface area contributed by atoms with E-state index in [0.717, 1.165) is 16.8 Å². The second-order valence-corrected chi connectivity index (χ2v) is 3.22. The maximum Gasteiger partial charge on any atom is 0.226 e. The second kappa shape index (κ2) is 2.71. The SMILES string of the molecule is CSc1nc2n(n1)CC(N)=CN2. The van der Waals surface area contributed by atoms with Gasteiger partial charge in [-0.3, -0.25) is 0 Å². The van der Waals surface area contributed by atoms with Crippen LogP contribution in [0, 0.1) is 0 Å². The van der Waals surface area contributed by atoms with Crippen LogP contribution in [0.1, 0.15) is 0 Å². The molecule has 6 heteroatoms. The summed E-state index contributed by atoms with van der Waals surface area (Å²) in [6, 6.07) is 0. The van der Waals surface area contributed by atoms with Crippen LogP contribution in [0.4, 0.5) is 5.95 Å². The largest absolute Gasteiger partial charge is 0.399 e. The Hall–Kier alpha value is -1.17. The molecule has 0 saturated heterocycles. The van der Waals surface area contributed by atoms with E-state index in [0.29, 0.717) is 6.54 Å². The zero-order valence-corrected chi connectivity index (χ0v) is 7.43. The Balaban J connectivity index is 2.33. The lowest BCUT2D eigenvalue weighted by Gasteiger charge is -2.10. The lowest BCUT2D eigenvalue weighted by Crippen LogP contribution is -2.17. The molecule has 3 N–H and O–H groups in total. The van der Waals surface area contributed by atoms with E-state index in [1.165, 1.54) is 11.8 Å². The van der Waals surface area contributed by atoms with Gasteiger partial charge in [-0.25, -0.2) is 4.68 Å². The molecule has 1 aromatic heterocycles. The third-order valence-corrected chi connectivity index (χ3v) is 2.09. The van der Waals surface area contributed by atoms with Gasteiger partial charge in [0.05, 0.1) is 6.54 Å². The minimum atomic E-state index is 0.621. The van der Waals surface area contributed by atoms with Crippen LogP contribution in [-0.2, 0) is 6.54 Å². The highest BCUT2D eigenvalue weighted by molar-refractivity contribution is 7.98. The average molecular weight is 183 g/mol. The van der Waals surface area contributed by atoms with Crippen molar-refractivity contribution in [3.8, 4) is 0 Å². The van der Waals surface area contributed by atoms with Crippen molar-refractivity contribution in [2.75, 3.05) is 11.6 Å². The second-order valence-electron chi connectivity index (χ2n) is 2.44. The number of fused-ring (bicyclic) bond motifs is 1. The monoisotopic (exact) mass is 183 g/mol. The molecule has 0 aromatic carbocycles. The average Bonchev–Trinajstić information content (AvgIpc) is 2.46. The molecule has 2 heterocycles. The summed E-state index contributed by atoms with van der Waals surface area (Å²) < 4.78 is 1.75. The Kier molecular flexibility index (Phi) is 1.69. The first-order valence-corrected chi connectivity index (χ1v) is 4.72. The number of hydrogen-bond donors (Lipinski definition) is 2. The minimum Gasteiger partial charge on any atom is -0.399 e. The number of nitrogens with one attached hydrogen (secondary N) is 1. The topological polar surface area (TPSA) is 68.8 Å². The van der Waals surface area contributed by atoms with Gasteiger partial charge in [-0.2, -0.15) is 4.98 Å². The van der Waals surface area contributed by atoms with Crippen LogP contribution in [0.5, 0.6) is 0 Å². The van der Waals surface area contributed by atoms with Crippen LogP contribution in [0.25, 0.3) is 0 Å². The predicted molar refractivity (Wildman–Crippen MR) is 47.7 cm³/mol. The van der Waals surface area contributed by atoms with Gasteiger partial charge in [0.15, 0.2) is 0 Å². The normalized spacial score (nSPS) is 14.9. The highest BCUT2D eigenvalue weighted by atomic mass is 32.2. The van der Waals surface area contributed by atoms with Crippen molar-refractivity contribution in [1.82, 2.24) is 14.8 Å². The van der Waals surface area contributed by atoms with Gasteiger partial charge in [0, 0.05) is 11.9 Å². The number of aromatic nitrogens is 3. The fourth-order valence-electron chi connectivity index (χ4n) is 1.00. The summed E-state index contributed by atoms with van der Waals surface area (Å²) in [5, 5.41) is 7.93. The summed E-state index contributed by atoms with van der Waals surface area (Å²) in [5.74, 6) is 0.758. The summed E-state index contributed by atoms with van der Waals surface area (Å²) in [6.45, 7) is 0.621.